The number of ether oxygens (including phenoxy) is 1. The Morgan fingerprint density at radius 2 is 1.68 bits per heavy atom. The Kier molecular flexibility index (Phi) is 3.27. The second-order valence-corrected chi connectivity index (χ2v) is 7.89. The lowest BCUT2D eigenvalue weighted by Crippen LogP contribution is -2.51. The van der Waals surface area contributed by atoms with Gasteiger partial charge in [-0.25, -0.2) is 4.79 Å². The number of carbonyl (C=O) groups is 3. The van der Waals surface area contributed by atoms with Gasteiger partial charge in [0.1, 0.15) is 6.04 Å². The predicted molar refractivity (Wildman–Crippen MR) is 77.7 cm³/mol. The number of rotatable bonds is 4. The Morgan fingerprint density at radius 1 is 1.09 bits per heavy atom. The van der Waals surface area contributed by atoms with Crippen molar-refractivity contribution in [2.45, 2.75) is 57.4 Å². The third kappa shape index (κ3) is 2.34. The van der Waals surface area contributed by atoms with E-state index in [-0.39, 0.29) is 23.7 Å². The van der Waals surface area contributed by atoms with Crippen molar-refractivity contribution in [3.8, 4) is 0 Å². The summed E-state index contributed by atoms with van der Waals surface area (Å²) in [7, 11) is 0. The van der Waals surface area contributed by atoms with Crippen molar-refractivity contribution in [2.75, 3.05) is 6.61 Å². The minimum Gasteiger partial charge on any atom is -0.456 e. The molecule has 5 heteroatoms. The number of nitrogens with one attached hydrogen (secondary N) is 1. The molecule has 1 atom stereocenters. The van der Waals surface area contributed by atoms with Crippen LogP contribution in [0, 0.1) is 23.2 Å². The maximum Gasteiger partial charge on any atom is 0.329 e. The highest BCUT2D eigenvalue weighted by Crippen LogP contribution is 2.60. The zero-order valence-corrected chi connectivity index (χ0v) is 12.8. The van der Waals surface area contributed by atoms with Crippen molar-refractivity contribution in [2.24, 2.45) is 23.2 Å². The van der Waals surface area contributed by atoms with Crippen LogP contribution in [0.2, 0.25) is 0 Å². The van der Waals surface area contributed by atoms with Crippen molar-refractivity contribution >= 4 is 17.7 Å². The molecule has 0 spiro atoms. The summed E-state index contributed by atoms with van der Waals surface area (Å²) in [6.07, 6.45) is 7.70. The molecular formula is C17H23NO4. The molecule has 5 rings (SSSR count). The van der Waals surface area contributed by atoms with Gasteiger partial charge < -0.3 is 10.1 Å². The number of carbonyl (C=O) groups excluding carboxylic acids is 3. The van der Waals surface area contributed by atoms with E-state index in [2.05, 4.69) is 5.32 Å². The molecule has 1 N–H and O–H groups in total. The zero-order valence-electron chi connectivity index (χ0n) is 12.8. The van der Waals surface area contributed by atoms with E-state index < -0.39 is 12.0 Å². The van der Waals surface area contributed by atoms with Gasteiger partial charge in [-0.05, 0) is 62.7 Å². The number of hydrogen-bond donors (Lipinski definition) is 1. The molecule has 0 radical (unpaired) electrons. The normalized spacial score (nSPS) is 42.3. The maximum atomic E-state index is 12.7. The molecule has 1 heterocycles. The summed E-state index contributed by atoms with van der Waals surface area (Å²) in [6.45, 7) is -0.114. The highest BCUT2D eigenvalue weighted by molar-refractivity contribution is 5.91. The average Bonchev–Trinajstić information content (AvgIpc) is 2.89. The van der Waals surface area contributed by atoms with Crippen LogP contribution in [0.1, 0.15) is 51.4 Å². The van der Waals surface area contributed by atoms with E-state index in [0.29, 0.717) is 30.6 Å². The monoisotopic (exact) mass is 305 g/mol. The van der Waals surface area contributed by atoms with Crippen molar-refractivity contribution in [3.63, 3.8) is 0 Å². The minimum absolute atomic E-state index is 0.114. The van der Waals surface area contributed by atoms with E-state index in [1.54, 1.807) is 0 Å². The average molecular weight is 305 g/mol. The van der Waals surface area contributed by atoms with Gasteiger partial charge in [-0.15, -0.1) is 0 Å². The molecule has 0 aromatic rings. The molecule has 120 valence electrons. The van der Waals surface area contributed by atoms with Crippen molar-refractivity contribution in [1.82, 2.24) is 5.32 Å². The Hall–Kier alpha value is -1.39. The van der Waals surface area contributed by atoms with Gasteiger partial charge >= 0.3 is 5.97 Å². The fourth-order valence-corrected chi connectivity index (χ4v) is 5.63. The summed E-state index contributed by atoms with van der Waals surface area (Å²) < 4.78 is 5.22. The van der Waals surface area contributed by atoms with Crippen LogP contribution in [0.5, 0.6) is 0 Å². The summed E-state index contributed by atoms with van der Waals surface area (Å²) >= 11 is 0. The van der Waals surface area contributed by atoms with Crippen LogP contribution in [0.3, 0.4) is 0 Å². The van der Waals surface area contributed by atoms with Gasteiger partial charge in [0.15, 0.2) is 12.4 Å². The van der Waals surface area contributed by atoms with E-state index in [4.69, 9.17) is 4.74 Å². The van der Waals surface area contributed by atoms with Crippen molar-refractivity contribution in [1.29, 1.82) is 0 Å². The molecule has 5 nitrogen and oxygen atoms in total. The fraction of sp³-hybridized carbons (Fsp3) is 0.824. The zero-order chi connectivity index (χ0) is 15.3. The van der Waals surface area contributed by atoms with Gasteiger partial charge in [0, 0.05) is 11.8 Å². The van der Waals surface area contributed by atoms with Crippen LogP contribution in [0.25, 0.3) is 0 Å². The van der Waals surface area contributed by atoms with Crippen LogP contribution < -0.4 is 5.32 Å². The molecule has 1 saturated heterocycles. The topological polar surface area (TPSA) is 72.5 Å². The molecule has 5 aliphatic rings. The second kappa shape index (κ2) is 5.07. The standard InChI is InChI=1S/C17H23NO4/c19-14(9-22-16(21)13-1-2-15(20)18-13)17-6-10-3-11(7-17)5-12(4-10)8-17/h10-13H,1-9H2,(H,18,20)/t10?,11?,12?,13-,17?/m1/s1. The first kappa shape index (κ1) is 14.2. The molecule has 0 aromatic carbocycles. The van der Waals surface area contributed by atoms with E-state index >= 15 is 0 Å². The lowest BCUT2D eigenvalue weighted by molar-refractivity contribution is -0.158. The Morgan fingerprint density at radius 3 is 2.18 bits per heavy atom. The molecule has 0 aromatic heterocycles. The van der Waals surface area contributed by atoms with E-state index in [9.17, 15) is 14.4 Å². The molecule has 1 amide bonds. The van der Waals surface area contributed by atoms with Gasteiger partial charge in [0.2, 0.25) is 5.91 Å². The second-order valence-electron chi connectivity index (χ2n) is 7.89. The molecule has 4 saturated carbocycles. The fourth-order valence-electron chi connectivity index (χ4n) is 5.63. The number of Topliss-reactive ketones (excluding diaryl/α,β-unsaturated/α-hetero) is 1. The third-order valence-electron chi connectivity index (χ3n) is 6.26. The van der Waals surface area contributed by atoms with Gasteiger partial charge in [-0.1, -0.05) is 0 Å². The van der Waals surface area contributed by atoms with E-state index in [0.717, 1.165) is 19.3 Å². The van der Waals surface area contributed by atoms with Gasteiger partial charge in [0.05, 0.1) is 0 Å². The maximum absolute atomic E-state index is 12.7. The van der Waals surface area contributed by atoms with Crippen LogP contribution >= 0.6 is 0 Å². The Bertz CT molecular complexity index is 491. The third-order valence-corrected chi connectivity index (χ3v) is 6.26. The number of esters is 1. The Labute approximate surface area is 130 Å². The van der Waals surface area contributed by atoms with Crippen molar-refractivity contribution < 1.29 is 19.1 Å². The van der Waals surface area contributed by atoms with E-state index in [1.165, 1.54) is 19.3 Å². The van der Waals surface area contributed by atoms with Crippen LogP contribution in [0.4, 0.5) is 0 Å². The highest BCUT2D eigenvalue weighted by Gasteiger charge is 2.54. The molecule has 0 unspecified atom stereocenters. The van der Waals surface area contributed by atoms with Crippen LogP contribution in [0.15, 0.2) is 0 Å². The highest BCUT2D eigenvalue weighted by atomic mass is 16.5. The van der Waals surface area contributed by atoms with E-state index in [1.807, 2.05) is 0 Å². The molecule has 1 aliphatic heterocycles. The van der Waals surface area contributed by atoms with Gasteiger partial charge in [-0.3, -0.25) is 9.59 Å². The first-order valence-electron chi connectivity index (χ1n) is 8.53. The lowest BCUT2D eigenvalue weighted by atomic mass is 9.48. The van der Waals surface area contributed by atoms with Crippen molar-refractivity contribution in [3.05, 3.63) is 0 Å². The minimum atomic E-state index is -0.559. The van der Waals surface area contributed by atoms with Crippen LogP contribution in [-0.2, 0) is 19.1 Å². The quantitative estimate of drug-likeness (QED) is 0.801. The SMILES string of the molecule is O=C1CC[C@H](C(=O)OCC(=O)C23CC4CC(CC(C4)C2)C3)N1. The molecular weight excluding hydrogens is 282 g/mol. The largest absolute Gasteiger partial charge is 0.456 e. The molecule has 22 heavy (non-hydrogen) atoms. The summed E-state index contributed by atoms with van der Waals surface area (Å²) in [5, 5.41) is 2.59. The smallest absolute Gasteiger partial charge is 0.329 e. The number of ketones is 1. The van der Waals surface area contributed by atoms with Crippen LogP contribution in [-0.4, -0.2) is 30.3 Å². The number of hydrogen-bond acceptors (Lipinski definition) is 4. The predicted octanol–water partition coefficient (Wildman–Crippen LogP) is 1.59. The number of amides is 1. The summed E-state index contributed by atoms with van der Waals surface area (Å²) in [5.74, 6) is 1.67. The first-order chi connectivity index (χ1) is 10.5. The van der Waals surface area contributed by atoms with Gasteiger partial charge in [0.25, 0.3) is 0 Å². The molecule has 4 bridgehead atoms. The Balaban J connectivity index is 1.36. The summed E-state index contributed by atoms with van der Waals surface area (Å²) in [4.78, 5) is 35.8. The molecule has 5 fully saturated rings. The summed E-state index contributed by atoms with van der Waals surface area (Å²) in [6, 6.07) is -0.559. The van der Waals surface area contributed by atoms with Gasteiger partial charge in [-0.2, -0.15) is 0 Å². The molecule has 4 aliphatic carbocycles. The first-order valence-corrected chi connectivity index (χ1v) is 8.53. The summed E-state index contributed by atoms with van der Waals surface area (Å²) in [5.41, 5.74) is -0.214. The lowest BCUT2D eigenvalue weighted by Gasteiger charge is -2.55.